The monoisotopic (exact) mass is 333 g/mol. The van der Waals surface area contributed by atoms with Crippen LogP contribution in [0.5, 0.6) is 11.5 Å². The second-order valence-electron chi connectivity index (χ2n) is 4.89. The fourth-order valence-electron chi connectivity index (χ4n) is 2.03. The van der Waals surface area contributed by atoms with Crippen molar-refractivity contribution in [1.29, 1.82) is 0 Å². The number of nitrogens with zero attached hydrogens (tertiary/aromatic N) is 3. The van der Waals surface area contributed by atoms with Crippen LogP contribution >= 0.6 is 12.6 Å². The second-order valence-corrected chi connectivity index (χ2v) is 5.31. The summed E-state index contributed by atoms with van der Waals surface area (Å²) in [7, 11) is 0. The number of allylic oxidation sites excluding steroid dienone is 1. The lowest BCUT2D eigenvalue weighted by atomic mass is 10.2. The van der Waals surface area contributed by atoms with Crippen molar-refractivity contribution in [1.82, 2.24) is 15.6 Å². The molecular formula is C14H13N4O4S. The molecule has 2 aliphatic heterocycles. The van der Waals surface area contributed by atoms with E-state index in [9.17, 15) is 15.0 Å². The van der Waals surface area contributed by atoms with Gasteiger partial charge in [0.1, 0.15) is 5.03 Å². The molecule has 1 aromatic rings. The molecule has 8 nitrogen and oxygen atoms in total. The first-order valence-corrected chi connectivity index (χ1v) is 7.03. The third-order valence-electron chi connectivity index (χ3n) is 3.12. The number of phenolic OH excluding ortho intramolecular Hbond substituents is 2. The third-order valence-corrected chi connectivity index (χ3v) is 3.42. The van der Waals surface area contributed by atoms with E-state index in [2.05, 4.69) is 10.5 Å². The number of hydrazine groups is 2. The molecule has 0 saturated carbocycles. The van der Waals surface area contributed by atoms with Crippen LogP contribution in [-0.4, -0.2) is 38.6 Å². The van der Waals surface area contributed by atoms with E-state index in [1.54, 1.807) is 17.3 Å². The summed E-state index contributed by atoms with van der Waals surface area (Å²) < 4.78 is 5.13. The third kappa shape index (κ3) is 3.05. The lowest BCUT2D eigenvalue weighted by Gasteiger charge is -2.24. The molecule has 0 aromatic heterocycles. The smallest absolute Gasteiger partial charge is 0.340 e. The van der Waals surface area contributed by atoms with E-state index >= 15 is 0 Å². The summed E-state index contributed by atoms with van der Waals surface area (Å²) in [5.41, 5.74) is 3.84. The highest BCUT2D eigenvalue weighted by Gasteiger charge is 2.26. The van der Waals surface area contributed by atoms with Crippen molar-refractivity contribution in [2.24, 2.45) is 4.99 Å². The number of ether oxygens (including phenoxy) is 1. The molecule has 0 fully saturated rings. The highest BCUT2D eigenvalue weighted by atomic mass is 32.1. The second kappa shape index (κ2) is 5.78. The van der Waals surface area contributed by atoms with Gasteiger partial charge < -0.3 is 14.9 Å². The Kier molecular flexibility index (Phi) is 3.80. The largest absolute Gasteiger partial charge is 0.504 e. The molecule has 3 N–H and O–H groups in total. The van der Waals surface area contributed by atoms with Crippen LogP contribution in [0.15, 0.2) is 46.3 Å². The summed E-state index contributed by atoms with van der Waals surface area (Å²) >= 11 is 5.21. The zero-order valence-corrected chi connectivity index (χ0v) is 12.9. The predicted molar refractivity (Wildman–Crippen MR) is 83.7 cm³/mol. The Balaban J connectivity index is 1.63. The van der Waals surface area contributed by atoms with Gasteiger partial charge in [-0.1, -0.05) is 12.6 Å². The number of hydrogen-bond donors (Lipinski definition) is 3. The van der Waals surface area contributed by atoms with E-state index in [1.807, 2.05) is 6.92 Å². The first-order chi connectivity index (χ1) is 10.9. The van der Waals surface area contributed by atoms with Gasteiger partial charge in [0.15, 0.2) is 24.1 Å². The quantitative estimate of drug-likeness (QED) is 0.570. The molecule has 1 aromatic carbocycles. The molecule has 2 heterocycles. The normalized spacial score (nSPS) is 16.5. The van der Waals surface area contributed by atoms with Gasteiger partial charge in [0.2, 0.25) is 0 Å². The Morgan fingerprint density at radius 1 is 1.39 bits per heavy atom. The Morgan fingerprint density at radius 2 is 2.17 bits per heavy atom. The minimum absolute atomic E-state index is 0.0857. The molecule has 0 bridgehead atoms. The molecule has 9 heteroatoms. The Hall–Kier alpha value is -2.78. The molecule has 0 spiro atoms. The van der Waals surface area contributed by atoms with Crippen molar-refractivity contribution in [3.8, 4) is 11.5 Å². The standard InChI is InChI=1S/C14H13N4O4S/c1-8-4-13(23)18-12(15-8)6-17(16-18)7-22-14(21)9-2-3-10(19)11(20)5-9/h2-6,16,19-20H,7H2,1H3. The van der Waals surface area contributed by atoms with Gasteiger partial charge in [0, 0.05) is 5.71 Å². The molecule has 1 radical (unpaired) electrons. The first-order valence-electron chi connectivity index (χ1n) is 6.62. The van der Waals surface area contributed by atoms with Gasteiger partial charge in [0.25, 0.3) is 0 Å². The summed E-state index contributed by atoms with van der Waals surface area (Å²) in [6.07, 6.45) is 3.40. The Bertz CT molecular complexity index is 759. The summed E-state index contributed by atoms with van der Waals surface area (Å²) in [6.45, 7) is 1.75. The van der Waals surface area contributed by atoms with E-state index < -0.39 is 5.97 Å². The highest BCUT2D eigenvalue weighted by molar-refractivity contribution is 7.84. The van der Waals surface area contributed by atoms with Gasteiger partial charge in [-0.25, -0.2) is 14.8 Å². The summed E-state index contributed by atoms with van der Waals surface area (Å²) in [6, 6.07) is 3.71. The average Bonchev–Trinajstić information content (AvgIpc) is 2.91. The first kappa shape index (κ1) is 15.1. The van der Waals surface area contributed by atoms with Crippen LogP contribution in [0.1, 0.15) is 17.3 Å². The average molecular weight is 333 g/mol. The van der Waals surface area contributed by atoms with Crippen molar-refractivity contribution in [2.75, 3.05) is 6.73 Å². The summed E-state index contributed by atoms with van der Waals surface area (Å²) in [5.74, 6) is -0.724. The van der Waals surface area contributed by atoms with E-state index in [4.69, 9.17) is 17.4 Å². The van der Waals surface area contributed by atoms with Crippen LogP contribution < -0.4 is 5.53 Å². The van der Waals surface area contributed by atoms with E-state index in [-0.39, 0.29) is 23.8 Å². The van der Waals surface area contributed by atoms with E-state index in [0.29, 0.717) is 10.9 Å². The predicted octanol–water partition coefficient (Wildman–Crippen LogP) is 1.56. The number of nitrogens with one attached hydrogen (secondary N) is 1. The minimum Gasteiger partial charge on any atom is -0.504 e. The van der Waals surface area contributed by atoms with E-state index in [0.717, 1.165) is 11.8 Å². The van der Waals surface area contributed by atoms with Gasteiger partial charge in [-0.05, 0) is 31.2 Å². The lowest BCUT2D eigenvalue weighted by Crippen LogP contribution is -2.41. The molecule has 119 valence electrons. The molecule has 3 rings (SSSR count). The number of aromatic hydroxyl groups is 2. The highest BCUT2D eigenvalue weighted by Crippen LogP contribution is 2.26. The molecule has 0 atom stereocenters. The van der Waals surface area contributed by atoms with Gasteiger partial charge in [-0.3, -0.25) is 5.01 Å². The van der Waals surface area contributed by atoms with Crippen LogP contribution in [0.3, 0.4) is 0 Å². The van der Waals surface area contributed by atoms with Crippen molar-refractivity contribution in [3.63, 3.8) is 0 Å². The van der Waals surface area contributed by atoms with Crippen molar-refractivity contribution in [3.05, 3.63) is 46.9 Å². The fourth-order valence-corrected chi connectivity index (χ4v) is 2.34. The molecular weight excluding hydrogens is 320 g/mol. The maximum atomic E-state index is 11.9. The Morgan fingerprint density at radius 3 is 2.91 bits per heavy atom. The number of fused-ring (bicyclic) bond motifs is 1. The van der Waals surface area contributed by atoms with Gasteiger partial charge >= 0.3 is 5.97 Å². The number of hydrogen-bond acceptors (Lipinski definition) is 8. The van der Waals surface area contributed by atoms with Crippen LogP contribution in [0.25, 0.3) is 0 Å². The lowest BCUT2D eigenvalue weighted by molar-refractivity contribution is 0.0116. The number of rotatable bonds is 3. The number of carbonyl (C=O) groups is 1. The van der Waals surface area contributed by atoms with Crippen LogP contribution in [0.4, 0.5) is 0 Å². The molecule has 0 amide bonds. The zero-order chi connectivity index (χ0) is 16.6. The van der Waals surface area contributed by atoms with Crippen LogP contribution in [0.2, 0.25) is 0 Å². The number of phenols is 2. The summed E-state index contributed by atoms with van der Waals surface area (Å²) in [4.78, 5) is 16.2. The Labute approximate surface area is 137 Å². The molecule has 0 aliphatic carbocycles. The van der Waals surface area contributed by atoms with Gasteiger partial charge in [0.05, 0.1) is 11.8 Å². The number of esters is 1. The number of carbonyl (C=O) groups excluding carboxylic acids is 1. The maximum Gasteiger partial charge on any atom is 0.340 e. The minimum atomic E-state index is -0.640. The molecule has 23 heavy (non-hydrogen) atoms. The van der Waals surface area contributed by atoms with E-state index in [1.165, 1.54) is 17.1 Å². The van der Waals surface area contributed by atoms with Crippen LogP contribution in [0, 0.1) is 0 Å². The number of aliphatic imine (C=N–C) groups is 1. The molecule has 2 aliphatic rings. The zero-order valence-electron chi connectivity index (χ0n) is 12.1. The van der Waals surface area contributed by atoms with Crippen molar-refractivity contribution in [2.45, 2.75) is 6.92 Å². The van der Waals surface area contributed by atoms with Gasteiger partial charge in [-0.15, -0.1) is 5.53 Å². The van der Waals surface area contributed by atoms with Gasteiger partial charge in [-0.2, -0.15) is 0 Å². The van der Waals surface area contributed by atoms with Crippen molar-refractivity contribution < 1.29 is 19.7 Å². The molecule has 0 saturated heterocycles. The summed E-state index contributed by atoms with van der Waals surface area (Å²) in [5, 5.41) is 22.3. The van der Waals surface area contributed by atoms with Crippen molar-refractivity contribution >= 4 is 24.3 Å². The number of benzene rings is 1. The fraction of sp³-hybridized carbons (Fsp3) is 0.143. The van der Waals surface area contributed by atoms with Crippen LogP contribution in [-0.2, 0) is 4.74 Å². The maximum absolute atomic E-state index is 11.9. The topological polar surface area (TPSA) is 97.6 Å². The SMILES string of the molecule is CC1=NC2=CN(COC(=O)c3ccc(O)c(O)c3)NN2C([S])=C1. The molecule has 0 unspecified atom stereocenters.